The monoisotopic (exact) mass is 318 g/mol. The molecule has 1 aliphatic carbocycles. The lowest BCUT2D eigenvalue weighted by Crippen LogP contribution is -2.40. The molecular formula is C18H27FN4. The molecular weight excluding hydrogens is 291 g/mol. The van der Waals surface area contributed by atoms with Crippen molar-refractivity contribution < 1.29 is 4.39 Å². The number of likely N-dealkylation sites (tertiary alicyclic amines) is 1. The summed E-state index contributed by atoms with van der Waals surface area (Å²) in [4.78, 5) is 6.88. The standard InChI is InChI=1S/C18H27FN4/c1-13-3-4-14(9-17(13)19)10-21-18(20-2)22-11-15-7-8-23(12-15)16-5-6-16/h3-4,9,15-16H,5-8,10-12H2,1-2H3,(H2,20,21,22). The summed E-state index contributed by atoms with van der Waals surface area (Å²) in [5.41, 5.74) is 1.61. The van der Waals surface area contributed by atoms with Crippen LogP contribution in [0.3, 0.4) is 0 Å². The Morgan fingerprint density at radius 1 is 1.30 bits per heavy atom. The highest BCUT2D eigenvalue weighted by molar-refractivity contribution is 5.79. The van der Waals surface area contributed by atoms with Crippen molar-refractivity contribution in [2.24, 2.45) is 10.9 Å². The van der Waals surface area contributed by atoms with Gasteiger partial charge in [-0.1, -0.05) is 12.1 Å². The fourth-order valence-electron chi connectivity index (χ4n) is 3.19. The number of hydrogen-bond donors (Lipinski definition) is 2. The van der Waals surface area contributed by atoms with Gasteiger partial charge < -0.3 is 15.5 Å². The van der Waals surface area contributed by atoms with E-state index in [1.807, 2.05) is 12.1 Å². The zero-order valence-corrected chi connectivity index (χ0v) is 14.1. The predicted octanol–water partition coefficient (Wildman–Crippen LogP) is 2.28. The van der Waals surface area contributed by atoms with Gasteiger partial charge in [-0.15, -0.1) is 0 Å². The average molecular weight is 318 g/mol. The van der Waals surface area contributed by atoms with Gasteiger partial charge in [-0.25, -0.2) is 4.39 Å². The van der Waals surface area contributed by atoms with Crippen molar-refractivity contribution >= 4 is 5.96 Å². The first-order valence-electron chi connectivity index (χ1n) is 8.59. The number of hydrogen-bond acceptors (Lipinski definition) is 2. The minimum absolute atomic E-state index is 0.154. The highest BCUT2D eigenvalue weighted by Crippen LogP contribution is 2.31. The van der Waals surface area contributed by atoms with E-state index >= 15 is 0 Å². The Kier molecular flexibility index (Phi) is 5.16. The molecule has 3 rings (SSSR count). The highest BCUT2D eigenvalue weighted by Gasteiger charge is 2.34. The summed E-state index contributed by atoms with van der Waals surface area (Å²) in [6, 6.07) is 6.21. The van der Waals surface area contributed by atoms with Crippen molar-refractivity contribution in [3.8, 4) is 0 Å². The summed E-state index contributed by atoms with van der Waals surface area (Å²) in [6.07, 6.45) is 4.04. The van der Waals surface area contributed by atoms with Crippen LogP contribution in [0.4, 0.5) is 4.39 Å². The van der Waals surface area contributed by atoms with Crippen molar-refractivity contribution in [2.75, 3.05) is 26.7 Å². The van der Waals surface area contributed by atoms with E-state index in [0.29, 0.717) is 18.0 Å². The minimum atomic E-state index is -0.154. The lowest BCUT2D eigenvalue weighted by Gasteiger charge is -2.17. The lowest BCUT2D eigenvalue weighted by atomic mass is 10.1. The van der Waals surface area contributed by atoms with Crippen LogP contribution in [0.1, 0.15) is 30.4 Å². The third-order valence-electron chi connectivity index (χ3n) is 4.86. The Morgan fingerprint density at radius 2 is 2.13 bits per heavy atom. The van der Waals surface area contributed by atoms with Crippen LogP contribution >= 0.6 is 0 Å². The maximum Gasteiger partial charge on any atom is 0.191 e. The van der Waals surface area contributed by atoms with Crippen LogP contribution < -0.4 is 10.6 Å². The predicted molar refractivity (Wildman–Crippen MR) is 92.0 cm³/mol. The van der Waals surface area contributed by atoms with Gasteiger partial charge >= 0.3 is 0 Å². The maximum atomic E-state index is 13.6. The number of aryl methyl sites for hydroxylation is 1. The average Bonchev–Trinajstić information content (AvgIpc) is 3.30. The smallest absolute Gasteiger partial charge is 0.191 e. The van der Waals surface area contributed by atoms with Crippen LogP contribution in [0.2, 0.25) is 0 Å². The Morgan fingerprint density at radius 3 is 2.83 bits per heavy atom. The zero-order valence-electron chi connectivity index (χ0n) is 14.1. The molecule has 0 radical (unpaired) electrons. The Balaban J connectivity index is 1.42. The first-order chi connectivity index (χ1) is 11.2. The molecule has 2 aliphatic rings. The summed E-state index contributed by atoms with van der Waals surface area (Å²) in [7, 11) is 1.77. The third kappa shape index (κ3) is 4.44. The van der Waals surface area contributed by atoms with Crippen LogP contribution in [0, 0.1) is 18.7 Å². The van der Waals surface area contributed by atoms with Crippen LogP contribution in [-0.2, 0) is 6.54 Å². The number of nitrogens with one attached hydrogen (secondary N) is 2. The molecule has 0 aromatic heterocycles. The molecule has 1 atom stereocenters. The van der Waals surface area contributed by atoms with Crippen LogP contribution in [0.25, 0.3) is 0 Å². The van der Waals surface area contributed by atoms with E-state index in [1.165, 1.54) is 32.4 Å². The van der Waals surface area contributed by atoms with Gasteiger partial charge in [-0.05, 0) is 55.8 Å². The van der Waals surface area contributed by atoms with Crippen molar-refractivity contribution in [2.45, 2.75) is 38.8 Å². The van der Waals surface area contributed by atoms with Crippen LogP contribution in [-0.4, -0.2) is 43.6 Å². The van der Waals surface area contributed by atoms with E-state index in [4.69, 9.17) is 0 Å². The summed E-state index contributed by atoms with van der Waals surface area (Å²) in [5.74, 6) is 1.33. The molecule has 1 saturated carbocycles. The summed E-state index contributed by atoms with van der Waals surface area (Å²) >= 11 is 0. The van der Waals surface area contributed by atoms with E-state index in [-0.39, 0.29) is 5.82 Å². The van der Waals surface area contributed by atoms with Gasteiger partial charge in [-0.3, -0.25) is 4.99 Å². The number of nitrogens with zero attached hydrogens (tertiary/aromatic N) is 2. The quantitative estimate of drug-likeness (QED) is 0.646. The third-order valence-corrected chi connectivity index (χ3v) is 4.86. The largest absolute Gasteiger partial charge is 0.356 e. The Hall–Kier alpha value is -1.62. The summed E-state index contributed by atoms with van der Waals surface area (Å²) in [5, 5.41) is 6.67. The molecule has 0 amide bonds. The van der Waals surface area contributed by atoms with E-state index in [9.17, 15) is 4.39 Å². The summed E-state index contributed by atoms with van der Waals surface area (Å²) in [6.45, 7) is 5.75. The van der Waals surface area contributed by atoms with Crippen molar-refractivity contribution in [3.05, 3.63) is 35.1 Å². The zero-order chi connectivity index (χ0) is 16.2. The molecule has 1 saturated heterocycles. The molecule has 126 valence electrons. The molecule has 23 heavy (non-hydrogen) atoms. The van der Waals surface area contributed by atoms with Gasteiger partial charge in [0.15, 0.2) is 5.96 Å². The Labute approximate surface area is 138 Å². The van der Waals surface area contributed by atoms with Gasteiger partial charge in [0.2, 0.25) is 0 Å². The lowest BCUT2D eigenvalue weighted by molar-refractivity contribution is 0.314. The van der Waals surface area contributed by atoms with Gasteiger partial charge in [0.25, 0.3) is 0 Å². The van der Waals surface area contributed by atoms with Crippen molar-refractivity contribution in [1.29, 1.82) is 0 Å². The highest BCUT2D eigenvalue weighted by atomic mass is 19.1. The molecule has 5 heteroatoms. The molecule has 1 aromatic rings. The number of guanidine groups is 1. The van der Waals surface area contributed by atoms with E-state index < -0.39 is 0 Å². The van der Waals surface area contributed by atoms with E-state index in [1.54, 1.807) is 20.0 Å². The second-order valence-corrected chi connectivity index (χ2v) is 6.77. The molecule has 4 nitrogen and oxygen atoms in total. The minimum Gasteiger partial charge on any atom is -0.356 e. The molecule has 0 spiro atoms. The van der Waals surface area contributed by atoms with Crippen molar-refractivity contribution in [1.82, 2.24) is 15.5 Å². The maximum absolute atomic E-state index is 13.6. The molecule has 1 aromatic carbocycles. The van der Waals surface area contributed by atoms with Crippen LogP contribution in [0.5, 0.6) is 0 Å². The van der Waals surface area contributed by atoms with Crippen molar-refractivity contribution in [3.63, 3.8) is 0 Å². The second kappa shape index (κ2) is 7.30. The summed E-state index contributed by atoms with van der Waals surface area (Å²) < 4.78 is 13.6. The SMILES string of the molecule is CN=C(NCc1ccc(C)c(F)c1)NCC1CCN(C2CC2)C1. The van der Waals surface area contributed by atoms with E-state index in [2.05, 4.69) is 20.5 Å². The molecule has 1 unspecified atom stereocenters. The number of rotatable bonds is 5. The second-order valence-electron chi connectivity index (χ2n) is 6.77. The van der Waals surface area contributed by atoms with Gasteiger partial charge in [0, 0.05) is 32.7 Å². The topological polar surface area (TPSA) is 39.7 Å². The first kappa shape index (κ1) is 16.2. The van der Waals surface area contributed by atoms with E-state index in [0.717, 1.165) is 24.1 Å². The number of aliphatic imine (C=N–C) groups is 1. The number of halogens is 1. The first-order valence-corrected chi connectivity index (χ1v) is 8.59. The Bertz CT molecular complexity index is 568. The molecule has 1 heterocycles. The van der Waals surface area contributed by atoms with Gasteiger partial charge in [0.05, 0.1) is 0 Å². The molecule has 2 fully saturated rings. The number of benzene rings is 1. The molecule has 1 aliphatic heterocycles. The van der Waals surface area contributed by atoms with Gasteiger partial charge in [0.1, 0.15) is 5.82 Å². The normalized spacial score (nSPS) is 22.4. The fraction of sp³-hybridized carbons (Fsp3) is 0.611. The van der Waals surface area contributed by atoms with Gasteiger partial charge in [-0.2, -0.15) is 0 Å². The van der Waals surface area contributed by atoms with Crippen LogP contribution in [0.15, 0.2) is 23.2 Å². The molecule has 0 bridgehead atoms. The fourth-order valence-corrected chi connectivity index (χ4v) is 3.19. The molecule has 2 N–H and O–H groups in total.